The van der Waals surface area contributed by atoms with Crippen molar-refractivity contribution < 1.29 is 19.8 Å². The first-order valence-corrected chi connectivity index (χ1v) is 7.68. The summed E-state index contributed by atoms with van der Waals surface area (Å²) in [6, 6.07) is 1.32. The smallest absolute Gasteiger partial charge is 0.303 e. The number of carbonyl (C=O) groups is 2. The van der Waals surface area contributed by atoms with Gasteiger partial charge in [-0.2, -0.15) is 0 Å². The molecule has 0 aromatic heterocycles. The van der Waals surface area contributed by atoms with E-state index in [1.807, 2.05) is 13.1 Å². The van der Waals surface area contributed by atoms with Crippen LogP contribution in [0.15, 0.2) is 0 Å². The highest BCUT2D eigenvalue weighted by atomic mass is 35.5. The van der Waals surface area contributed by atoms with Crippen LogP contribution in [0.1, 0.15) is 12.8 Å². The standard InChI is InChI=1S/C8H16O4Si.2ClH/c1-13(2,5-3-7(9)10)6-4-8(11)12;;/h3-6H2,1-2H3,(H,9,10)(H,11,12);2*1H. The van der Waals surface area contributed by atoms with Gasteiger partial charge in [-0.3, -0.25) is 9.59 Å². The maximum absolute atomic E-state index is 10.3. The van der Waals surface area contributed by atoms with Gasteiger partial charge in [-0.25, -0.2) is 0 Å². The third kappa shape index (κ3) is 13.7. The molecule has 0 aliphatic carbocycles. The molecule has 15 heavy (non-hydrogen) atoms. The van der Waals surface area contributed by atoms with E-state index in [0.717, 1.165) is 0 Å². The van der Waals surface area contributed by atoms with Gasteiger partial charge in [0.25, 0.3) is 0 Å². The normalized spacial score (nSPS) is 9.73. The first-order chi connectivity index (χ1) is 5.83. The van der Waals surface area contributed by atoms with Crippen LogP contribution in [0.4, 0.5) is 0 Å². The molecule has 2 N–H and O–H groups in total. The van der Waals surface area contributed by atoms with Crippen LogP contribution in [0.5, 0.6) is 0 Å². The Morgan fingerprint density at radius 1 is 0.933 bits per heavy atom. The van der Waals surface area contributed by atoms with Gasteiger partial charge < -0.3 is 10.2 Å². The lowest BCUT2D eigenvalue weighted by molar-refractivity contribution is -0.137. The minimum atomic E-state index is -1.59. The summed E-state index contributed by atoms with van der Waals surface area (Å²) in [5, 5.41) is 16.9. The zero-order valence-corrected chi connectivity index (χ0v) is 11.5. The Kier molecular flexibility index (Phi) is 12.1. The van der Waals surface area contributed by atoms with Crippen LogP contribution in [0.2, 0.25) is 25.2 Å². The predicted octanol–water partition coefficient (Wildman–Crippen LogP) is 2.49. The molecular weight excluding hydrogens is 259 g/mol. The maximum atomic E-state index is 10.3. The highest BCUT2D eigenvalue weighted by Crippen LogP contribution is 2.19. The molecule has 0 aliphatic rings. The van der Waals surface area contributed by atoms with E-state index in [1.54, 1.807) is 0 Å². The Bertz CT molecular complexity index is 189. The highest BCUT2D eigenvalue weighted by Gasteiger charge is 2.22. The van der Waals surface area contributed by atoms with E-state index in [4.69, 9.17) is 10.2 Å². The Balaban J connectivity index is -0.000000720. The second-order valence-electron chi connectivity index (χ2n) is 3.95. The average molecular weight is 277 g/mol. The van der Waals surface area contributed by atoms with Gasteiger partial charge in [0.1, 0.15) is 0 Å². The largest absolute Gasteiger partial charge is 0.481 e. The van der Waals surface area contributed by atoms with Crippen molar-refractivity contribution in [2.24, 2.45) is 0 Å². The summed E-state index contributed by atoms with van der Waals surface area (Å²) in [5.41, 5.74) is 0. The van der Waals surface area contributed by atoms with Gasteiger partial charge >= 0.3 is 11.9 Å². The van der Waals surface area contributed by atoms with E-state index in [9.17, 15) is 9.59 Å². The topological polar surface area (TPSA) is 74.6 Å². The second kappa shape index (κ2) is 9.00. The molecule has 0 heterocycles. The van der Waals surface area contributed by atoms with E-state index in [1.165, 1.54) is 0 Å². The van der Waals surface area contributed by atoms with Crippen LogP contribution in [-0.4, -0.2) is 30.2 Å². The van der Waals surface area contributed by atoms with Crippen molar-refractivity contribution in [1.82, 2.24) is 0 Å². The highest BCUT2D eigenvalue weighted by molar-refractivity contribution is 6.77. The molecule has 0 saturated heterocycles. The zero-order chi connectivity index (χ0) is 10.5. The number of aliphatic carboxylic acids is 2. The SMILES string of the molecule is C[Si](C)(CCC(=O)O)CCC(=O)O.Cl.Cl. The molecule has 0 fully saturated rings. The molecular formula is C8H18Cl2O4Si. The van der Waals surface area contributed by atoms with Crippen molar-refractivity contribution in [1.29, 1.82) is 0 Å². The van der Waals surface area contributed by atoms with Gasteiger partial charge in [-0.1, -0.05) is 13.1 Å². The molecule has 0 aromatic carbocycles. The number of carboxylic acid groups (broad SMARTS) is 2. The molecule has 0 bridgehead atoms. The molecule has 0 aliphatic heterocycles. The molecule has 7 heteroatoms. The van der Waals surface area contributed by atoms with Crippen LogP contribution in [0.3, 0.4) is 0 Å². The summed E-state index contributed by atoms with van der Waals surface area (Å²) in [6.45, 7) is 4.05. The summed E-state index contributed by atoms with van der Waals surface area (Å²) >= 11 is 0. The van der Waals surface area contributed by atoms with E-state index < -0.39 is 20.0 Å². The maximum Gasteiger partial charge on any atom is 0.303 e. The number of rotatable bonds is 6. The third-order valence-corrected chi connectivity index (χ3v) is 5.24. The first kappa shape index (κ1) is 20.2. The number of halogens is 2. The number of carboxylic acids is 2. The molecule has 0 radical (unpaired) electrons. The fourth-order valence-electron chi connectivity index (χ4n) is 1.02. The average Bonchev–Trinajstić information content (AvgIpc) is 1.98. The fourth-order valence-corrected chi connectivity index (χ4v) is 3.05. The first-order valence-electron chi connectivity index (χ1n) is 4.27. The van der Waals surface area contributed by atoms with Crippen LogP contribution in [0.25, 0.3) is 0 Å². The van der Waals surface area contributed by atoms with Crippen molar-refractivity contribution in [3.63, 3.8) is 0 Å². The van der Waals surface area contributed by atoms with E-state index in [-0.39, 0.29) is 37.7 Å². The molecule has 0 unspecified atom stereocenters. The summed E-state index contributed by atoms with van der Waals surface area (Å²) in [4.78, 5) is 20.6. The van der Waals surface area contributed by atoms with Crippen molar-refractivity contribution in [2.45, 2.75) is 38.0 Å². The molecule has 0 saturated carbocycles. The molecule has 4 nitrogen and oxygen atoms in total. The van der Waals surface area contributed by atoms with Crippen molar-refractivity contribution >= 4 is 44.8 Å². The van der Waals surface area contributed by atoms with E-state index in [0.29, 0.717) is 12.1 Å². The summed E-state index contributed by atoms with van der Waals surface area (Å²) < 4.78 is 0. The van der Waals surface area contributed by atoms with Crippen LogP contribution in [-0.2, 0) is 9.59 Å². The lowest BCUT2D eigenvalue weighted by Crippen LogP contribution is -2.26. The van der Waals surface area contributed by atoms with Crippen LogP contribution >= 0.6 is 24.8 Å². The lowest BCUT2D eigenvalue weighted by Gasteiger charge is -2.19. The monoisotopic (exact) mass is 276 g/mol. The Morgan fingerprint density at radius 2 is 1.20 bits per heavy atom. The van der Waals surface area contributed by atoms with Crippen molar-refractivity contribution in [3.8, 4) is 0 Å². The van der Waals surface area contributed by atoms with Gasteiger partial charge in [0, 0.05) is 20.9 Å². The summed E-state index contributed by atoms with van der Waals surface area (Å²) in [7, 11) is -1.59. The lowest BCUT2D eigenvalue weighted by atomic mass is 10.5. The summed E-state index contributed by atoms with van der Waals surface area (Å²) in [6.07, 6.45) is 0.331. The van der Waals surface area contributed by atoms with Gasteiger partial charge in [-0.05, 0) is 12.1 Å². The Morgan fingerprint density at radius 3 is 1.40 bits per heavy atom. The fraction of sp³-hybridized carbons (Fsp3) is 0.750. The molecule has 0 atom stereocenters. The predicted molar refractivity (Wildman–Crippen MR) is 66.1 cm³/mol. The van der Waals surface area contributed by atoms with Crippen LogP contribution in [0, 0.1) is 0 Å². The Hall–Kier alpha value is -0.263. The molecule has 0 aromatic rings. The van der Waals surface area contributed by atoms with Crippen molar-refractivity contribution in [2.75, 3.05) is 0 Å². The minimum absolute atomic E-state index is 0. The second-order valence-corrected chi connectivity index (χ2v) is 9.28. The van der Waals surface area contributed by atoms with E-state index >= 15 is 0 Å². The molecule has 0 spiro atoms. The number of hydrogen-bond donors (Lipinski definition) is 2. The molecule has 92 valence electrons. The Labute approximate surface area is 103 Å². The van der Waals surface area contributed by atoms with E-state index in [2.05, 4.69) is 0 Å². The minimum Gasteiger partial charge on any atom is -0.481 e. The zero-order valence-electron chi connectivity index (χ0n) is 8.86. The van der Waals surface area contributed by atoms with Gasteiger partial charge in [0.15, 0.2) is 0 Å². The molecule has 0 rings (SSSR count). The third-order valence-electron chi connectivity index (χ3n) is 2.03. The van der Waals surface area contributed by atoms with Crippen molar-refractivity contribution in [3.05, 3.63) is 0 Å². The summed E-state index contributed by atoms with van der Waals surface area (Å²) in [5.74, 6) is -1.59. The quantitative estimate of drug-likeness (QED) is 0.731. The molecule has 0 amide bonds. The number of hydrogen-bond acceptors (Lipinski definition) is 2. The van der Waals surface area contributed by atoms with Gasteiger partial charge in [0.2, 0.25) is 0 Å². The van der Waals surface area contributed by atoms with Gasteiger partial charge in [0.05, 0.1) is 0 Å². The van der Waals surface area contributed by atoms with Gasteiger partial charge in [-0.15, -0.1) is 24.8 Å². The van der Waals surface area contributed by atoms with Crippen LogP contribution < -0.4 is 0 Å².